The molecule has 2 aromatic rings. The molecule has 160 valence electrons. The lowest BCUT2D eigenvalue weighted by molar-refractivity contribution is 0.102. The van der Waals surface area contributed by atoms with Gasteiger partial charge in [0.25, 0.3) is 5.91 Å². The summed E-state index contributed by atoms with van der Waals surface area (Å²) in [5.74, 6) is -1.81. The van der Waals surface area contributed by atoms with Gasteiger partial charge in [-0.2, -0.15) is 0 Å². The summed E-state index contributed by atoms with van der Waals surface area (Å²) in [6.07, 6.45) is 0. The Labute approximate surface area is 172 Å². The van der Waals surface area contributed by atoms with Crippen LogP contribution in [0.4, 0.5) is 10.2 Å². The Morgan fingerprint density at radius 2 is 1.90 bits per heavy atom. The summed E-state index contributed by atoms with van der Waals surface area (Å²) in [7, 11) is -2.34. The summed E-state index contributed by atoms with van der Waals surface area (Å²) in [5.41, 5.74) is 4.08. The molecule has 0 bridgehead atoms. The molecule has 3 N–H and O–H groups in total. The zero-order valence-electron chi connectivity index (χ0n) is 16.8. The van der Waals surface area contributed by atoms with Crippen LogP contribution in [-0.2, 0) is 15.4 Å². The topological polar surface area (TPSA) is 150 Å². The van der Waals surface area contributed by atoms with Gasteiger partial charge >= 0.3 is 0 Å². The molecule has 0 aromatic carbocycles. The number of nitrogens with one attached hydrogen (secondary N) is 1. The fourth-order valence-electron chi connectivity index (χ4n) is 2.88. The number of anilines is 1. The van der Waals surface area contributed by atoms with Crippen molar-refractivity contribution in [1.82, 2.24) is 15.2 Å². The molecule has 0 spiro atoms. The average Bonchev–Trinajstić information content (AvgIpc) is 2.67. The van der Waals surface area contributed by atoms with Gasteiger partial charge in [0.15, 0.2) is 15.5 Å². The minimum absolute atomic E-state index is 0.00811. The van der Waals surface area contributed by atoms with E-state index in [0.29, 0.717) is 0 Å². The maximum absolute atomic E-state index is 14.6. The molecule has 12 heteroatoms. The van der Waals surface area contributed by atoms with E-state index in [1.165, 1.54) is 46.1 Å². The van der Waals surface area contributed by atoms with Crippen molar-refractivity contribution in [2.24, 2.45) is 10.7 Å². The molecule has 0 saturated carbocycles. The molecule has 10 nitrogen and oxygen atoms in total. The van der Waals surface area contributed by atoms with Crippen LogP contribution in [0.2, 0.25) is 0 Å². The van der Waals surface area contributed by atoms with E-state index >= 15 is 0 Å². The molecule has 1 amide bonds. The molecule has 3 rings (SSSR count). The van der Waals surface area contributed by atoms with E-state index < -0.39 is 37.6 Å². The molecule has 1 atom stereocenters. The number of hydrogen-bond acceptors (Lipinski definition) is 9. The lowest BCUT2D eigenvalue weighted by Gasteiger charge is -2.37. The summed E-state index contributed by atoms with van der Waals surface area (Å²) in [6.45, 7) is 4.31. The zero-order chi connectivity index (χ0) is 22.3. The number of amidine groups is 1. The van der Waals surface area contributed by atoms with Gasteiger partial charge in [-0.05, 0) is 39.0 Å². The monoisotopic (exact) mass is 436 g/mol. The van der Waals surface area contributed by atoms with Crippen LogP contribution in [0.15, 0.2) is 29.3 Å². The quantitative estimate of drug-likeness (QED) is 0.722. The SMILES string of the molecule is COc1ccc(C(=O)Nc2ccc(F)c([C@]3(C)CS(=O)(=O)C(C)(C)C(N)=N3)n2)nn1. The van der Waals surface area contributed by atoms with Gasteiger partial charge in [-0.1, -0.05) is 0 Å². The predicted octanol–water partition coefficient (Wildman–Crippen LogP) is 1.05. The average molecular weight is 436 g/mol. The minimum atomic E-state index is -3.75. The normalized spacial score (nSPS) is 22.1. The fraction of sp³-hybridized carbons (Fsp3) is 0.389. The van der Waals surface area contributed by atoms with E-state index in [9.17, 15) is 17.6 Å². The van der Waals surface area contributed by atoms with Crippen LogP contribution >= 0.6 is 0 Å². The standard InChI is InChI=1S/C18H21FN6O4S/c1-17(2)16(20)23-18(3,9-30(17,27)28)14-10(19)5-7-12(21-14)22-15(26)11-6-8-13(29-4)25-24-11/h5-8H,9H2,1-4H3,(H2,20,23)(H,21,22,26)/t18-/m0/s1. The number of aromatic nitrogens is 3. The number of aliphatic imine (C=N–C) groups is 1. The van der Waals surface area contributed by atoms with E-state index in [2.05, 4.69) is 25.5 Å². The van der Waals surface area contributed by atoms with Gasteiger partial charge < -0.3 is 15.8 Å². The molecule has 30 heavy (non-hydrogen) atoms. The van der Waals surface area contributed by atoms with Gasteiger partial charge in [0.05, 0.1) is 12.9 Å². The number of methoxy groups -OCH3 is 1. The second kappa shape index (κ2) is 7.27. The highest BCUT2D eigenvalue weighted by atomic mass is 32.2. The van der Waals surface area contributed by atoms with Crippen molar-refractivity contribution in [1.29, 1.82) is 0 Å². The van der Waals surface area contributed by atoms with Crippen molar-refractivity contribution < 1.29 is 22.3 Å². The van der Waals surface area contributed by atoms with Gasteiger partial charge in [0.1, 0.15) is 33.5 Å². The van der Waals surface area contributed by atoms with Gasteiger partial charge in [-0.25, -0.2) is 17.8 Å². The molecule has 1 aliphatic rings. The number of halogens is 1. The van der Waals surface area contributed by atoms with Crippen molar-refractivity contribution in [3.63, 3.8) is 0 Å². The summed E-state index contributed by atoms with van der Waals surface area (Å²) in [4.78, 5) is 20.7. The third kappa shape index (κ3) is 3.70. The predicted molar refractivity (Wildman–Crippen MR) is 108 cm³/mol. The first kappa shape index (κ1) is 21.6. The molecule has 0 radical (unpaired) electrons. The summed E-state index contributed by atoms with van der Waals surface area (Å²) in [6, 6.07) is 5.17. The van der Waals surface area contributed by atoms with Crippen molar-refractivity contribution in [3.05, 3.63) is 41.5 Å². The number of ether oxygens (including phenoxy) is 1. The molecule has 0 aliphatic carbocycles. The third-order valence-corrected chi connectivity index (χ3v) is 7.62. The third-order valence-electron chi connectivity index (χ3n) is 4.91. The smallest absolute Gasteiger partial charge is 0.277 e. The molecular weight excluding hydrogens is 415 g/mol. The summed E-state index contributed by atoms with van der Waals surface area (Å²) >= 11 is 0. The van der Waals surface area contributed by atoms with Crippen molar-refractivity contribution >= 4 is 27.4 Å². The van der Waals surface area contributed by atoms with Gasteiger partial charge in [-0.15, -0.1) is 10.2 Å². The summed E-state index contributed by atoms with van der Waals surface area (Å²) < 4.78 is 43.5. The Bertz CT molecular complexity index is 1130. The van der Waals surface area contributed by atoms with Crippen LogP contribution in [0.5, 0.6) is 5.88 Å². The Morgan fingerprint density at radius 1 is 1.20 bits per heavy atom. The number of hydrogen-bond donors (Lipinski definition) is 2. The second-order valence-corrected chi connectivity index (χ2v) is 10.0. The Morgan fingerprint density at radius 3 is 2.47 bits per heavy atom. The van der Waals surface area contributed by atoms with E-state index in [1.807, 2.05) is 0 Å². The molecule has 0 fully saturated rings. The number of carbonyl (C=O) groups excluding carboxylic acids is 1. The number of amides is 1. The molecule has 0 saturated heterocycles. The van der Waals surface area contributed by atoms with Crippen molar-refractivity contribution in [2.45, 2.75) is 31.1 Å². The maximum Gasteiger partial charge on any atom is 0.277 e. The number of pyridine rings is 1. The van der Waals surface area contributed by atoms with Crippen LogP contribution in [0.3, 0.4) is 0 Å². The number of sulfone groups is 1. The Balaban J connectivity index is 1.95. The zero-order valence-corrected chi connectivity index (χ0v) is 17.6. The molecule has 3 heterocycles. The van der Waals surface area contributed by atoms with Crippen LogP contribution in [0.25, 0.3) is 0 Å². The van der Waals surface area contributed by atoms with E-state index in [0.717, 1.165) is 6.07 Å². The maximum atomic E-state index is 14.6. The minimum Gasteiger partial charge on any atom is -0.480 e. The van der Waals surface area contributed by atoms with Gasteiger partial charge in [0.2, 0.25) is 5.88 Å². The highest BCUT2D eigenvalue weighted by Gasteiger charge is 2.50. The first-order valence-electron chi connectivity index (χ1n) is 8.84. The number of carbonyl (C=O) groups is 1. The molecule has 1 aliphatic heterocycles. The van der Waals surface area contributed by atoms with E-state index in [4.69, 9.17) is 10.5 Å². The van der Waals surface area contributed by atoms with Crippen LogP contribution in [-0.4, -0.2) is 53.0 Å². The van der Waals surface area contributed by atoms with Crippen LogP contribution < -0.4 is 15.8 Å². The fourth-order valence-corrected chi connectivity index (χ4v) is 4.55. The number of nitrogens with two attached hydrogens (primary N) is 1. The first-order valence-corrected chi connectivity index (χ1v) is 10.5. The second-order valence-electron chi connectivity index (χ2n) is 7.48. The summed E-state index contributed by atoms with van der Waals surface area (Å²) in [5, 5.41) is 9.91. The van der Waals surface area contributed by atoms with Crippen LogP contribution in [0.1, 0.15) is 37.0 Å². The van der Waals surface area contributed by atoms with Crippen LogP contribution in [0, 0.1) is 5.82 Å². The van der Waals surface area contributed by atoms with E-state index in [1.54, 1.807) is 0 Å². The largest absolute Gasteiger partial charge is 0.480 e. The molecule has 2 aromatic heterocycles. The number of rotatable bonds is 4. The van der Waals surface area contributed by atoms with Crippen molar-refractivity contribution in [2.75, 3.05) is 18.2 Å². The van der Waals surface area contributed by atoms with Crippen molar-refractivity contribution in [3.8, 4) is 5.88 Å². The lowest BCUT2D eigenvalue weighted by atomic mass is 9.98. The first-order chi connectivity index (χ1) is 13.9. The van der Waals surface area contributed by atoms with Gasteiger partial charge in [0, 0.05) is 6.07 Å². The molecule has 0 unspecified atom stereocenters. The lowest BCUT2D eigenvalue weighted by Crippen LogP contribution is -2.55. The molecular formula is C18H21FN6O4S. The Hall–Kier alpha value is -3.15. The van der Waals surface area contributed by atoms with E-state index in [-0.39, 0.29) is 28.9 Å². The highest BCUT2D eigenvalue weighted by Crippen LogP contribution is 2.37. The number of nitrogens with zero attached hydrogens (tertiary/aromatic N) is 4. The Kier molecular flexibility index (Phi) is 5.23. The van der Waals surface area contributed by atoms with Gasteiger partial charge in [-0.3, -0.25) is 9.79 Å². The highest BCUT2D eigenvalue weighted by molar-refractivity contribution is 7.93.